The zero-order chi connectivity index (χ0) is 18.2. The Morgan fingerprint density at radius 2 is 1.96 bits per heavy atom. The third kappa shape index (κ3) is 6.13. The van der Waals surface area contributed by atoms with E-state index in [1.54, 1.807) is 19.1 Å². The van der Waals surface area contributed by atoms with Gasteiger partial charge in [0.05, 0.1) is 17.5 Å². The first-order valence-electron chi connectivity index (χ1n) is 8.35. The van der Waals surface area contributed by atoms with Crippen molar-refractivity contribution in [3.63, 3.8) is 0 Å². The zero-order valence-electron chi connectivity index (χ0n) is 14.9. The van der Waals surface area contributed by atoms with E-state index in [0.717, 1.165) is 24.8 Å². The van der Waals surface area contributed by atoms with E-state index in [9.17, 15) is 13.2 Å². The first kappa shape index (κ1) is 20.4. The second-order valence-corrected chi connectivity index (χ2v) is 7.42. The molecule has 1 amide bonds. The predicted molar refractivity (Wildman–Crippen MR) is 94.7 cm³/mol. The molecule has 1 rings (SSSR count). The lowest BCUT2D eigenvalue weighted by molar-refractivity contribution is -0.122. The van der Waals surface area contributed by atoms with Gasteiger partial charge in [-0.05, 0) is 51.0 Å². The summed E-state index contributed by atoms with van der Waals surface area (Å²) >= 11 is 0. The van der Waals surface area contributed by atoms with Gasteiger partial charge in [0.2, 0.25) is 15.9 Å². The van der Waals surface area contributed by atoms with Crippen LogP contribution in [0.2, 0.25) is 0 Å². The van der Waals surface area contributed by atoms with Gasteiger partial charge in [0.25, 0.3) is 0 Å². The molecule has 2 N–H and O–H groups in total. The fourth-order valence-corrected chi connectivity index (χ4v) is 3.49. The Balaban J connectivity index is 2.71. The normalized spacial score (nSPS) is 12.7. The van der Waals surface area contributed by atoms with Gasteiger partial charge in [-0.25, -0.2) is 8.42 Å². The molecule has 0 aliphatic rings. The van der Waals surface area contributed by atoms with Gasteiger partial charge in [0.15, 0.2) is 0 Å². The minimum atomic E-state index is -3.76. The Morgan fingerprint density at radius 1 is 1.25 bits per heavy atom. The topological polar surface area (TPSA) is 84.5 Å². The van der Waals surface area contributed by atoms with Crippen LogP contribution in [0.3, 0.4) is 0 Å². The van der Waals surface area contributed by atoms with Crippen molar-refractivity contribution in [2.45, 2.75) is 57.9 Å². The summed E-state index contributed by atoms with van der Waals surface area (Å²) in [6.45, 7) is 8.34. The fourth-order valence-electron chi connectivity index (χ4n) is 2.20. The highest BCUT2D eigenvalue weighted by Gasteiger charge is 2.22. The molecule has 1 aromatic rings. The van der Waals surface area contributed by atoms with E-state index in [1.807, 2.05) is 6.92 Å². The largest absolute Gasteiger partial charge is 0.494 e. The van der Waals surface area contributed by atoms with Gasteiger partial charge in [0, 0.05) is 6.54 Å². The molecule has 0 aromatic heterocycles. The lowest BCUT2D eigenvalue weighted by Gasteiger charge is -2.15. The number of amides is 1. The van der Waals surface area contributed by atoms with E-state index in [1.165, 1.54) is 13.0 Å². The van der Waals surface area contributed by atoms with Crippen molar-refractivity contribution in [2.24, 2.45) is 0 Å². The third-order valence-electron chi connectivity index (χ3n) is 3.56. The van der Waals surface area contributed by atoms with E-state index < -0.39 is 16.1 Å². The number of carbonyl (C=O) groups excluding carboxylic acids is 1. The summed E-state index contributed by atoms with van der Waals surface area (Å²) in [6.07, 6.45) is 2.99. The van der Waals surface area contributed by atoms with Gasteiger partial charge in [-0.2, -0.15) is 4.72 Å². The fraction of sp³-hybridized carbons (Fsp3) is 0.588. The Bertz CT molecular complexity index is 644. The number of ether oxygens (including phenoxy) is 1. The molecule has 136 valence electrons. The van der Waals surface area contributed by atoms with Crippen LogP contribution in [0.1, 0.15) is 45.6 Å². The van der Waals surface area contributed by atoms with E-state index in [0.29, 0.717) is 18.9 Å². The predicted octanol–water partition coefficient (Wildman–Crippen LogP) is 2.37. The molecule has 0 aliphatic carbocycles. The van der Waals surface area contributed by atoms with Crippen molar-refractivity contribution in [1.82, 2.24) is 10.0 Å². The van der Waals surface area contributed by atoms with Crippen molar-refractivity contribution in [3.8, 4) is 5.75 Å². The first-order chi connectivity index (χ1) is 11.3. The van der Waals surface area contributed by atoms with Crippen molar-refractivity contribution in [2.75, 3.05) is 13.2 Å². The highest BCUT2D eigenvalue weighted by molar-refractivity contribution is 7.89. The van der Waals surface area contributed by atoms with Gasteiger partial charge in [0.1, 0.15) is 5.75 Å². The SMILES string of the molecule is CCCCCNC(=O)[C@@H](C)NS(=O)(=O)c1ccc(OCC)c(C)c1. The van der Waals surface area contributed by atoms with Crippen LogP contribution in [0.25, 0.3) is 0 Å². The molecule has 0 heterocycles. The van der Waals surface area contributed by atoms with Crippen molar-refractivity contribution >= 4 is 15.9 Å². The van der Waals surface area contributed by atoms with Gasteiger partial charge in [-0.1, -0.05) is 19.8 Å². The Hall–Kier alpha value is -1.60. The third-order valence-corrected chi connectivity index (χ3v) is 5.10. The van der Waals surface area contributed by atoms with Crippen LogP contribution in [0.4, 0.5) is 0 Å². The lowest BCUT2D eigenvalue weighted by Crippen LogP contribution is -2.44. The average Bonchev–Trinajstić information content (AvgIpc) is 2.53. The number of hydrogen-bond donors (Lipinski definition) is 2. The second kappa shape index (κ2) is 9.64. The Kier molecular flexibility index (Phi) is 8.21. The van der Waals surface area contributed by atoms with Gasteiger partial charge < -0.3 is 10.1 Å². The number of sulfonamides is 1. The molecule has 0 bridgehead atoms. The summed E-state index contributed by atoms with van der Waals surface area (Å²) in [4.78, 5) is 12.1. The van der Waals surface area contributed by atoms with E-state index in [4.69, 9.17) is 4.74 Å². The monoisotopic (exact) mass is 356 g/mol. The molecule has 0 fully saturated rings. The number of carbonyl (C=O) groups is 1. The van der Waals surface area contributed by atoms with Crippen molar-refractivity contribution in [1.29, 1.82) is 0 Å². The number of rotatable bonds is 10. The molecule has 0 radical (unpaired) electrons. The average molecular weight is 356 g/mol. The number of unbranched alkanes of at least 4 members (excludes halogenated alkanes) is 2. The standard InChI is InChI=1S/C17H28N2O4S/c1-5-7-8-11-18-17(20)14(4)19-24(21,22)15-9-10-16(23-6-2)13(3)12-15/h9-10,12,14,19H,5-8,11H2,1-4H3,(H,18,20)/t14-/m1/s1. The van der Waals surface area contributed by atoms with Crippen LogP contribution in [-0.2, 0) is 14.8 Å². The molecule has 7 heteroatoms. The number of nitrogens with one attached hydrogen (secondary N) is 2. The smallest absolute Gasteiger partial charge is 0.241 e. The maximum atomic E-state index is 12.4. The van der Waals surface area contributed by atoms with Crippen LogP contribution in [0.5, 0.6) is 5.75 Å². The lowest BCUT2D eigenvalue weighted by atomic mass is 10.2. The molecule has 6 nitrogen and oxygen atoms in total. The van der Waals surface area contributed by atoms with Crippen LogP contribution >= 0.6 is 0 Å². The minimum absolute atomic E-state index is 0.120. The molecular formula is C17H28N2O4S. The van der Waals surface area contributed by atoms with Crippen LogP contribution in [0, 0.1) is 6.92 Å². The Morgan fingerprint density at radius 3 is 2.54 bits per heavy atom. The Labute approximate surface area is 145 Å². The first-order valence-corrected chi connectivity index (χ1v) is 9.83. The maximum Gasteiger partial charge on any atom is 0.241 e. The summed E-state index contributed by atoms with van der Waals surface area (Å²) in [5, 5.41) is 2.74. The van der Waals surface area contributed by atoms with E-state index in [-0.39, 0.29) is 10.8 Å². The minimum Gasteiger partial charge on any atom is -0.494 e. The van der Waals surface area contributed by atoms with Crippen molar-refractivity contribution in [3.05, 3.63) is 23.8 Å². The molecule has 0 saturated heterocycles. The van der Waals surface area contributed by atoms with Crippen LogP contribution in [0.15, 0.2) is 23.1 Å². The quantitative estimate of drug-likeness (QED) is 0.630. The molecule has 24 heavy (non-hydrogen) atoms. The van der Waals surface area contributed by atoms with Gasteiger partial charge in [-0.3, -0.25) is 4.79 Å². The summed E-state index contributed by atoms with van der Waals surface area (Å²) in [6, 6.07) is 3.82. The molecule has 0 unspecified atom stereocenters. The molecule has 0 saturated carbocycles. The molecule has 1 aromatic carbocycles. The van der Waals surface area contributed by atoms with Crippen LogP contribution in [-0.4, -0.2) is 33.5 Å². The van der Waals surface area contributed by atoms with E-state index >= 15 is 0 Å². The summed E-state index contributed by atoms with van der Waals surface area (Å²) in [5.74, 6) is 0.329. The highest BCUT2D eigenvalue weighted by Crippen LogP contribution is 2.21. The molecular weight excluding hydrogens is 328 g/mol. The molecule has 0 aliphatic heterocycles. The van der Waals surface area contributed by atoms with Gasteiger partial charge in [-0.15, -0.1) is 0 Å². The number of aryl methyl sites for hydroxylation is 1. The van der Waals surface area contributed by atoms with Crippen molar-refractivity contribution < 1.29 is 17.9 Å². The maximum absolute atomic E-state index is 12.4. The zero-order valence-corrected chi connectivity index (χ0v) is 15.7. The molecule has 0 spiro atoms. The summed E-state index contributed by atoms with van der Waals surface area (Å²) in [7, 11) is -3.76. The number of hydrogen-bond acceptors (Lipinski definition) is 4. The van der Waals surface area contributed by atoms with E-state index in [2.05, 4.69) is 17.0 Å². The summed E-state index contributed by atoms with van der Waals surface area (Å²) in [5.41, 5.74) is 0.733. The highest BCUT2D eigenvalue weighted by atomic mass is 32.2. The molecule has 1 atom stereocenters. The summed E-state index contributed by atoms with van der Waals surface area (Å²) < 4.78 is 32.6. The second-order valence-electron chi connectivity index (χ2n) is 5.70. The number of benzene rings is 1. The van der Waals surface area contributed by atoms with Gasteiger partial charge >= 0.3 is 0 Å². The van der Waals surface area contributed by atoms with Crippen LogP contribution < -0.4 is 14.8 Å².